The van der Waals surface area contributed by atoms with E-state index in [4.69, 9.17) is 9.47 Å². The summed E-state index contributed by atoms with van der Waals surface area (Å²) in [7, 11) is 1.75. The van der Waals surface area contributed by atoms with Gasteiger partial charge in [-0.1, -0.05) is 6.92 Å². The Morgan fingerprint density at radius 3 is 2.39 bits per heavy atom. The quantitative estimate of drug-likeness (QED) is 0.764. The maximum absolute atomic E-state index is 5.54. The smallest absolute Gasteiger partial charge is 0.119 e. The van der Waals surface area contributed by atoms with E-state index in [1.807, 2.05) is 24.3 Å². The van der Waals surface area contributed by atoms with Gasteiger partial charge in [0.2, 0.25) is 0 Å². The van der Waals surface area contributed by atoms with Gasteiger partial charge in [-0.15, -0.1) is 0 Å². The third kappa shape index (κ3) is 5.41. The summed E-state index contributed by atoms with van der Waals surface area (Å²) in [6.45, 7) is 7.96. The molecule has 3 heteroatoms. The maximum atomic E-state index is 5.54. The lowest BCUT2D eigenvalue weighted by molar-refractivity contribution is 0.0185. The van der Waals surface area contributed by atoms with Crippen LogP contribution in [0.4, 0.5) is 5.69 Å². The lowest BCUT2D eigenvalue weighted by Crippen LogP contribution is -2.25. The zero-order valence-electron chi connectivity index (χ0n) is 12.0. The molecule has 0 unspecified atom stereocenters. The molecule has 1 rings (SSSR count). The van der Waals surface area contributed by atoms with Gasteiger partial charge in [0.05, 0.1) is 12.2 Å². The Balaban J connectivity index is 2.35. The van der Waals surface area contributed by atoms with E-state index in [-0.39, 0.29) is 5.60 Å². The van der Waals surface area contributed by atoms with E-state index >= 15 is 0 Å². The van der Waals surface area contributed by atoms with Crippen LogP contribution < -0.4 is 10.1 Å². The van der Waals surface area contributed by atoms with E-state index < -0.39 is 0 Å². The molecule has 0 heterocycles. The summed E-state index contributed by atoms with van der Waals surface area (Å²) < 4.78 is 10.9. The van der Waals surface area contributed by atoms with Gasteiger partial charge in [0.15, 0.2) is 0 Å². The van der Waals surface area contributed by atoms with Crippen LogP contribution >= 0.6 is 0 Å². The van der Waals surface area contributed by atoms with E-state index in [0.29, 0.717) is 0 Å². The van der Waals surface area contributed by atoms with Crippen molar-refractivity contribution in [1.29, 1.82) is 0 Å². The van der Waals surface area contributed by atoms with Crippen molar-refractivity contribution in [1.82, 2.24) is 0 Å². The molecule has 18 heavy (non-hydrogen) atoms. The molecule has 0 saturated heterocycles. The van der Waals surface area contributed by atoms with Crippen LogP contribution in [0.1, 0.15) is 33.6 Å². The molecule has 0 fully saturated rings. The highest BCUT2D eigenvalue weighted by molar-refractivity contribution is 5.46. The molecular formula is C15H25NO2. The number of hydrogen-bond acceptors (Lipinski definition) is 3. The first-order valence-electron chi connectivity index (χ1n) is 6.59. The Morgan fingerprint density at radius 2 is 1.83 bits per heavy atom. The fourth-order valence-corrected chi connectivity index (χ4v) is 1.50. The highest BCUT2D eigenvalue weighted by atomic mass is 16.5. The molecule has 0 amide bonds. The summed E-state index contributed by atoms with van der Waals surface area (Å²) in [5.74, 6) is 0.930. The van der Waals surface area contributed by atoms with Crippen molar-refractivity contribution in [2.45, 2.75) is 39.2 Å². The molecule has 0 saturated carbocycles. The van der Waals surface area contributed by atoms with E-state index in [2.05, 4.69) is 26.1 Å². The van der Waals surface area contributed by atoms with Crippen LogP contribution in [-0.4, -0.2) is 25.9 Å². The zero-order chi connectivity index (χ0) is 13.4. The van der Waals surface area contributed by atoms with Crippen molar-refractivity contribution < 1.29 is 9.47 Å². The molecule has 102 valence electrons. The highest BCUT2D eigenvalue weighted by Gasteiger charge is 2.14. The first-order valence-corrected chi connectivity index (χ1v) is 6.59. The monoisotopic (exact) mass is 251 g/mol. The van der Waals surface area contributed by atoms with Crippen LogP contribution in [0, 0.1) is 0 Å². The summed E-state index contributed by atoms with van der Waals surface area (Å²) in [5, 5.41) is 3.38. The minimum atomic E-state index is -0.0722. The van der Waals surface area contributed by atoms with Crippen molar-refractivity contribution in [2.24, 2.45) is 0 Å². The molecule has 0 aliphatic carbocycles. The number of nitrogens with one attached hydrogen (secondary N) is 1. The number of rotatable bonds is 8. The average molecular weight is 251 g/mol. The van der Waals surface area contributed by atoms with Gasteiger partial charge in [-0.25, -0.2) is 0 Å². The van der Waals surface area contributed by atoms with Crippen LogP contribution in [0.5, 0.6) is 5.75 Å². The summed E-state index contributed by atoms with van der Waals surface area (Å²) >= 11 is 0. The van der Waals surface area contributed by atoms with Crippen molar-refractivity contribution in [3.05, 3.63) is 24.3 Å². The third-order valence-electron chi connectivity index (χ3n) is 2.94. The minimum Gasteiger partial charge on any atom is -0.494 e. The fraction of sp³-hybridized carbons (Fsp3) is 0.600. The second-order valence-electron chi connectivity index (χ2n) is 5.01. The third-order valence-corrected chi connectivity index (χ3v) is 2.94. The fourth-order valence-electron chi connectivity index (χ4n) is 1.50. The van der Waals surface area contributed by atoms with E-state index in [1.165, 1.54) is 0 Å². The molecule has 1 N–H and O–H groups in total. The molecule has 0 bridgehead atoms. The van der Waals surface area contributed by atoms with Crippen LogP contribution in [0.25, 0.3) is 0 Å². The topological polar surface area (TPSA) is 30.5 Å². The Morgan fingerprint density at radius 1 is 1.17 bits per heavy atom. The Labute approximate surface area is 110 Å². The van der Waals surface area contributed by atoms with Gasteiger partial charge < -0.3 is 14.8 Å². The lowest BCUT2D eigenvalue weighted by Gasteiger charge is -2.23. The van der Waals surface area contributed by atoms with Crippen LogP contribution in [0.3, 0.4) is 0 Å². The molecule has 0 aromatic heterocycles. The number of anilines is 1. The molecule has 0 spiro atoms. The Kier molecular flexibility index (Phi) is 5.99. The van der Waals surface area contributed by atoms with Gasteiger partial charge in [0, 0.05) is 19.3 Å². The summed E-state index contributed by atoms with van der Waals surface area (Å²) in [6, 6.07) is 8.09. The largest absolute Gasteiger partial charge is 0.494 e. The first-order chi connectivity index (χ1) is 8.57. The van der Waals surface area contributed by atoms with Gasteiger partial charge in [-0.05, 0) is 51.0 Å². The van der Waals surface area contributed by atoms with Crippen LogP contribution in [0.2, 0.25) is 0 Å². The van der Waals surface area contributed by atoms with Crippen molar-refractivity contribution in [3.63, 3.8) is 0 Å². The number of methoxy groups -OCH3 is 1. The molecule has 0 aliphatic rings. The van der Waals surface area contributed by atoms with Crippen LogP contribution in [-0.2, 0) is 4.74 Å². The zero-order valence-corrected chi connectivity index (χ0v) is 12.0. The standard InChI is InChI=1S/C15H25NO2/c1-5-12-18-14-8-6-13(7-9-14)16-11-10-15(2,3)17-4/h6-9,16H,5,10-12H2,1-4H3. The van der Waals surface area contributed by atoms with Gasteiger partial charge in [0.25, 0.3) is 0 Å². The number of hydrogen-bond donors (Lipinski definition) is 1. The van der Waals surface area contributed by atoms with Crippen molar-refractivity contribution in [3.8, 4) is 5.75 Å². The van der Waals surface area contributed by atoms with E-state index in [0.717, 1.165) is 37.4 Å². The molecular weight excluding hydrogens is 226 g/mol. The first kappa shape index (κ1) is 14.8. The highest BCUT2D eigenvalue weighted by Crippen LogP contribution is 2.17. The number of ether oxygens (including phenoxy) is 2. The van der Waals surface area contributed by atoms with Gasteiger partial charge in [-0.3, -0.25) is 0 Å². The molecule has 0 atom stereocenters. The second kappa shape index (κ2) is 7.27. The average Bonchev–Trinajstić information content (AvgIpc) is 2.38. The van der Waals surface area contributed by atoms with E-state index in [9.17, 15) is 0 Å². The van der Waals surface area contributed by atoms with Crippen molar-refractivity contribution in [2.75, 3.05) is 25.6 Å². The van der Waals surface area contributed by atoms with Crippen molar-refractivity contribution >= 4 is 5.69 Å². The number of benzene rings is 1. The Hall–Kier alpha value is -1.22. The van der Waals surface area contributed by atoms with E-state index in [1.54, 1.807) is 7.11 Å². The predicted octanol–water partition coefficient (Wildman–Crippen LogP) is 3.70. The predicted molar refractivity (Wildman–Crippen MR) is 76.4 cm³/mol. The van der Waals surface area contributed by atoms with Crippen LogP contribution in [0.15, 0.2) is 24.3 Å². The van der Waals surface area contributed by atoms with Gasteiger partial charge in [-0.2, -0.15) is 0 Å². The Bertz CT molecular complexity index is 333. The normalized spacial score (nSPS) is 11.3. The minimum absolute atomic E-state index is 0.0722. The molecule has 3 nitrogen and oxygen atoms in total. The lowest BCUT2D eigenvalue weighted by atomic mass is 10.1. The second-order valence-corrected chi connectivity index (χ2v) is 5.01. The molecule has 1 aromatic rings. The molecule has 1 aromatic carbocycles. The van der Waals surface area contributed by atoms with Gasteiger partial charge >= 0.3 is 0 Å². The SMILES string of the molecule is CCCOc1ccc(NCCC(C)(C)OC)cc1. The maximum Gasteiger partial charge on any atom is 0.119 e. The summed E-state index contributed by atoms with van der Waals surface area (Å²) in [6.07, 6.45) is 2.00. The molecule has 0 aliphatic heterocycles. The van der Waals surface area contributed by atoms with Gasteiger partial charge in [0.1, 0.15) is 5.75 Å². The summed E-state index contributed by atoms with van der Waals surface area (Å²) in [5.41, 5.74) is 1.04. The summed E-state index contributed by atoms with van der Waals surface area (Å²) in [4.78, 5) is 0. The molecule has 0 radical (unpaired) electrons.